The van der Waals surface area contributed by atoms with Gasteiger partial charge in [0.1, 0.15) is 0 Å². The van der Waals surface area contributed by atoms with Gasteiger partial charge in [0.05, 0.1) is 0 Å². The molecule has 1 N–H and O–H groups in total. The van der Waals surface area contributed by atoms with Crippen molar-refractivity contribution in [1.82, 2.24) is 5.32 Å². The molecule has 1 aliphatic heterocycles. The highest BCUT2D eigenvalue weighted by Gasteiger charge is 2.70. The van der Waals surface area contributed by atoms with Gasteiger partial charge in [0, 0.05) is 11.8 Å². The highest BCUT2D eigenvalue weighted by atomic mass is 19.3. The molecule has 0 radical (unpaired) electrons. The second-order valence-corrected chi connectivity index (χ2v) is 5.06. The average Bonchev–Trinajstić information content (AvgIpc) is 2.71. The molecule has 0 bridgehead atoms. The molecule has 1 aliphatic carbocycles. The van der Waals surface area contributed by atoms with E-state index in [-0.39, 0.29) is 23.7 Å². The molecule has 82 valence electrons. The van der Waals surface area contributed by atoms with E-state index >= 15 is 0 Å². The van der Waals surface area contributed by atoms with Crippen LogP contribution in [-0.4, -0.2) is 19.0 Å². The molecule has 2 rings (SSSR count). The Morgan fingerprint density at radius 3 is 2.21 bits per heavy atom. The first-order valence-electron chi connectivity index (χ1n) is 5.63. The normalized spacial score (nSPS) is 37.5. The Labute approximate surface area is 84.3 Å². The van der Waals surface area contributed by atoms with Gasteiger partial charge in [0.2, 0.25) is 0 Å². The van der Waals surface area contributed by atoms with Gasteiger partial charge < -0.3 is 5.32 Å². The summed E-state index contributed by atoms with van der Waals surface area (Å²) in [5.41, 5.74) is 0. The van der Waals surface area contributed by atoms with E-state index in [9.17, 15) is 8.78 Å². The summed E-state index contributed by atoms with van der Waals surface area (Å²) in [5.74, 6) is -2.63. The van der Waals surface area contributed by atoms with Gasteiger partial charge in [-0.25, -0.2) is 8.78 Å². The molecule has 0 spiro atoms. The molecule has 1 saturated heterocycles. The molecule has 2 fully saturated rings. The minimum atomic E-state index is -2.36. The Kier molecular flexibility index (Phi) is 2.54. The quantitative estimate of drug-likeness (QED) is 0.727. The van der Waals surface area contributed by atoms with Crippen LogP contribution in [0.4, 0.5) is 8.78 Å². The monoisotopic (exact) mass is 203 g/mol. The van der Waals surface area contributed by atoms with E-state index in [2.05, 4.69) is 5.32 Å². The lowest BCUT2D eigenvalue weighted by Gasteiger charge is -2.22. The molecule has 2 aliphatic rings. The number of hydrogen-bond acceptors (Lipinski definition) is 1. The maximum atomic E-state index is 13.5. The van der Waals surface area contributed by atoms with Crippen molar-refractivity contribution < 1.29 is 8.78 Å². The van der Waals surface area contributed by atoms with E-state index in [1.54, 1.807) is 0 Å². The number of nitrogens with one attached hydrogen (secondary N) is 1. The molecule has 3 heteroatoms. The first kappa shape index (κ1) is 10.3. The van der Waals surface area contributed by atoms with Crippen molar-refractivity contribution >= 4 is 0 Å². The van der Waals surface area contributed by atoms with Crippen LogP contribution in [-0.2, 0) is 0 Å². The first-order valence-corrected chi connectivity index (χ1v) is 5.63. The third kappa shape index (κ3) is 1.56. The first-order chi connectivity index (χ1) is 6.55. The number of halogens is 2. The van der Waals surface area contributed by atoms with Crippen molar-refractivity contribution in [2.75, 3.05) is 13.1 Å². The van der Waals surface area contributed by atoms with Crippen molar-refractivity contribution in [3.63, 3.8) is 0 Å². The van der Waals surface area contributed by atoms with E-state index in [1.807, 2.05) is 13.8 Å². The fourth-order valence-corrected chi connectivity index (χ4v) is 3.05. The van der Waals surface area contributed by atoms with E-state index in [0.29, 0.717) is 0 Å². The summed E-state index contributed by atoms with van der Waals surface area (Å²) in [5, 5.41) is 3.22. The topological polar surface area (TPSA) is 12.0 Å². The molecule has 14 heavy (non-hydrogen) atoms. The largest absolute Gasteiger partial charge is 0.317 e. The van der Waals surface area contributed by atoms with Gasteiger partial charge in [-0.1, -0.05) is 13.8 Å². The summed E-state index contributed by atoms with van der Waals surface area (Å²) in [6.07, 6.45) is 1.87. The second-order valence-electron chi connectivity index (χ2n) is 5.06. The smallest absolute Gasteiger partial charge is 0.255 e. The van der Waals surface area contributed by atoms with Crippen molar-refractivity contribution in [1.29, 1.82) is 0 Å². The molecule has 0 aromatic heterocycles. The van der Waals surface area contributed by atoms with Crippen LogP contribution in [0.15, 0.2) is 0 Å². The average molecular weight is 203 g/mol. The van der Waals surface area contributed by atoms with Crippen molar-refractivity contribution in [3.8, 4) is 0 Å². The van der Waals surface area contributed by atoms with Crippen LogP contribution < -0.4 is 5.32 Å². The number of hydrogen-bond donors (Lipinski definition) is 1. The summed E-state index contributed by atoms with van der Waals surface area (Å²) in [7, 11) is 0. The summed E-state index contributed by atoms with van der Waals surface area (Å²) in [6.45, 7) is 5.67. The van der Waals surface area contributed by atoms with Crippen molar-refractivity contribution in [2.45, 2.75) is 32.6 Å². The van der Waals surface area contributed by atoms with E-state index in [0.717, 1.165) is 25.9 Å². The molecule has 1 saturated carbocycles. The van der Waals surface area contributed by atoms with Gasteiger partial charge in [0.25, 0.3) is 5.92 Å². The molecular formula is C11H19F2N. The van der Waals surface area contributed by atoms with Crippen LogP contribution in [0.5, 0.6) is 0 Å². The summed E-state index contributed by atoms with van der Waals surface area (Å²) in [4.78, 5) is 0. The van der Waals surface area contributed by atoms with Crippen LogP contribution in [0.25, 0.3) is 0 Å². The van der Waals surface area contributed by atoms with Crippen LogP contribution in [0, 0.1) is 23.7 Å². The molecule has 1 nitrogen and oxygen atoms in total. The minimum absolute atomic E-state index is 0.130. The summed E-state index contributed by atoms with van der Waals surface area (Å²) < 4.78 is 27.0. The Morgan fingerprint density at radius 1 is 1.21 bits per heavy atom. The molecule has 0 aromatic carbocycles. The molecule has 2 atom stereocenters. The van der Waals surface area contributed by atoms with Crippen LogP contribution in [0.3, 0.4) is 0 Å². The molecule has 1 heterocycles. The Balaban J connectivity index is 1.98. The highest BCUT2D eigenvalue weighted by molar-refractivity contribution is 5.09. The summed E-state index contributed by atoms with van der Waals surface area (Å²) >= 11 is 0. The van der Waals surface area contributed by atoms with Gasteiger partial charge in [-0.05, 0) is 37.8 Å². The lowest BCUT2D eigenvalue weighted by molar-refractivity contribution is 0.0648. The molecule has 2 unspecified atom stereocenters. The SMILES string of the molecule is CC(C)C1C(C2CCNCC2)C1(F)F. The number of piperidine rings is 1. The molecule has 0 aromatic rings. The lowest BCUT2D eigenvalue weighted by atomic mass is 9.90. The summed E-state index contributed by atoms with van der Waals surface area (Å²) in [6, 6.07) is 0. The van der Waals surface area contributed by atoms with Crippen LogP contribution >= 0.6 is 0 Å². The zero-order valence-electron chi connectivity index (χ0n) is 8.89. The molecule has 0 amide bonds. The van der Waals surface area contributed by atoms with E-state index in [4.69, 9.17) is 0 Å². The van der Waals surface area contributed by atoms with Gasteiger partial charge in [-0.3, -0.25) is 0 Å². The van der Waals surface area contributed by atoms with E-state index < -0.39 is 5.92 Å². The van der Waals surface area contributed by atoms with E-state index in [1.165, 1.54) is 0 Å². The highest BCUT2D eigenvalue weighted by Crippen LogP contribution is 2.63. The van der Waals surface area contributed by atoms with Gasteiger partial charge >= 0.3 is 0 Å². The lowest BCUT2D eigenvalue weighted by Crippen LogP contribution is -2.29. The van der Waals surface area contributed by atoms with Crippen LogP contribution in [0.1, 0.15) is 26.7 Å². The Morgan fingerprint density at radius 2 is 1.79 bits per heavy atom. The van der Waals surface area contributed by atoms with Crippen LogP contribution in [0.2, 0.25) is 0 Å². The standard InChI is InChI=1S/C11H19F2N/c1-7(2)9-10(11(9,12)13)8-3-5-14-6-4-8/h7-10,14H,3-6H2,1-2H3. The van der Waals surface area contributed by atoms with Gasteiger partial charge in [0.15, 0.2) is 0 Å². The third-order valence-corrected chi connectivity index (χ3v) is 3.78. The zero-order valence-corrected chi connectivity index (χ0v) is 8.89. The van der Waals surface area contributed by atoms with Gasteiger partial charge in [-0.2, -0.15) is 0 Å². The molecular weight excluding hydrogens is 184 g/mol. The second kappa shape index (κ2) is 3.44. The Hall–Kier alpha value is -0.180. The fourth-order valence-electron chi connectivity index (χ4n) is 3.05. The predicted molar refractivity (Wildman–Crippen MR) is 52.4 cm³/mol. The minimum Gasteiger partial charge on any atom is -0.317 e. The maximum absolute atomic E-state index is 13.5. The fraction of sp³-hybridized carbons (Fsp3) is 1.00. The van der Waals surface area contributed by atoms with Gasteiger partial charge in [-0.15, -0.1) is 0 Å². The third-order valence-electron chi connectivity index (χ3n) is 3.78. The zero-order chi connectivity index (χ0) is 10.3. The number of alkyl halides is 2. The predicted octanol–water partition coefficient (Wildman–Crippen LogP) is 2.52. The number of rotatable bonds is 2. The van der Waals surface area contributed by atoms with Crippen molar-refractivity contribution in [2.24, 2.45) is 23.7 Å². The van der Waals surface area contributed by atoms with Crippen molar-refractivity contribution in [3.05, 3.63) is 0 Å². The Bertz CT molecular complexity index is 209. The maximum Gasteiger partial charge on any atom is 0.255 e.